The van der Waals surface area contributed by atoms with Crippen LogP contribution in [0.2, 0.25) is 0 Å². The van der Waals surface area contributed by atoms with Gasteiger partial charge in [-0.3, -0.25) is 4.79 Å². The van der Waals surface area contributed by atoms with Gasteiger partial charge in [0.2, 0.25) is 0 Å². The lowest BCUT2D eigenvalue weighted by molar-refractivity contribution is -0.192. The highest BCUT2D eigenvalue weighted by molar-refractivity contribution is 6.00. The zero-order valence-corrected chi connectivity index (χ0v) is 21.6. The Kier molecular flexibility index (Phi) is 11.4. The Bertz CT molecular complexity index is 1240. The van der Waals surface area contributed by atoms with Gasteiger partial charge in [-0.2, -0.15) is 13.2 Å². The molecule has 210 valence electrons. The van der Waals surface area contributed by atoms with E-state index in [1.807, 2.05) is 61.5 Å². The molecule has 0 bridgehead atoms. The van der Waals surface area contributed by atoms with Crippen LogP contribution in [0.5, 0.6) is 5.75 Å². The number of halogens is 3. The minimum atomic E-state index is -5.08. The fourth-order valence-corrected chi connectivity index (χ4v) is 3.49. The van der Waals surface area contributed by atoms with Crippen LogP contribution in [0, 0.1) is 0 Å². The van der Waals surface area contributed by atoms with Crippen molar-refractivity contribution < 1.29 is 42.1 Å². The second-order valence-corrected chi connectivity index (χ2v) is 7.96. The average Bonchev–Trinajstić information content (AvgIpc) is 3.30. The first-order chi connectivity index (χ1) is 18.5. The summed E-state index contributed by atoms with van der Waals surface area (Å²) in [5.41, 5.74) is 3.93. The van der Waals surface area contributed by atoms with Gasteiger partial charge in [-0.05, 0) is 48.7 Å². The Labute approximate surface area is 223 Å². The zero-order chi connectivity index (χ0) is 29.0. The number of anilines is 1. The van der Waals surface area contributed by atoms with Crippen molar-refractivity contribution in [1.29, 1.82) is 0 Å². The molecule has 0 saturated heterocycles. The van der Waals surface area contributed by atoms with Gasteiger partial charge in [0.15, 0.2) is 0 Å². The van der Waals surface area contributed by atoms with Crippen LogP contribution in [0.4, 0.5) is 18.9 Å². The van der Waals surface area contributed by atoms with Crippen molar-refractivity contribution in [2.75, 3.05) is 19.0 Å². The predicted octanol–water partition coefficient (Wildman–Crippen LogP) is 4.94. The largest absolute Gasteiger partial charge is 0.497 e. The van der Waals surface area contributed by atoms with Gasteiger partial charge in [-0.1, -0.05) is 37.3 Å². The molecule has 0 atom stereocenters. The molecule has 1 aromatic heterocycles. The number of aliphatic carboxylic acids is 1. The molecule has 2 aromatic carbocycles. The number of ether oxygens (including phenoxy) is 2. The minimum Gasteiger partial charge on any atom is -0.497 e. The maximum Gasteiger partial charge on any atom is 0.490 e. The summed E-state index contributed by atoms with van der Waals surface area (Å²) >= 11 is 0. The number of carboxylic acids is 1. The molecule has 0 aliphatic rings. The van der Waals surface area contributed by atoms with E-state index in [1.165, 1.54) is 0 Å². The molecule has 0 aliphatic carbocycles. The monoisotopic (exact) mass is 549 g/mol. The first kappa shape index (κ1) is 30.7. The second kappa shape index (κ2) is 14.5. The third kappa shape index (κ3) is 9.09. The molecule has 1 amide bonds. The van der Waals surface area contributed by atoms with E-state index < -0.39 is 18.1 Å². The first-order valence-corrected chi connectivity index (χ1v) is 11.9. The molecule has 0 saturated carbocycles. The summed E-state index contributed by atoms with van der Waals surface area (Å²) in [5.74, 6) is -2.69. The molecule has 12 heteroatoms. The van der Waals surface area contributed by atoms with Crippen LogP contribution in [0.3, 0.4) is 0 Å². The summed E-state index contributed by atoms with van der Waals surface area (Å²) in [6.45, 7) is 4.67. The molecule has 0 fully saturated rings. The summed E-state index contributed by atoms with van der Waals surface area (Å²) in [5, 5.41) is 13.3. The third-order valence-electron chi connectivity index (χ3n) is 5.34. The molecule has 0 radical (unpaired) electrons. The van der Waals surface area contributed by atoms with Crippen LogP contribution < -0.4 is 15.4 Å². The standard InChI is InChI=1S/C25H29N3O4.C2HF3O2/c1-4-20-22(25(30)32-5-2)21(16-26-18-11-13-19(31-3)14-12-18)28-23(20)24(29)27-15-17-9-7-6-8-10-17;3-2(4,5)1(6)7/h6-14,26,28H,4-5,15-16H2,1-3H3,(H,27,29);(H,6,7). The van der Waals surface area contributed by atoms with Gasteiger partial charge in [0.05, 0.1) is 25.8 Å². The molecule has 1 heterocycles. The highest BCUT2D eigenvalue weighted by atomic mass is 19.4. The smallest absolute Gasteiger partial charge is 0.490 e. The Morgan fingerprint density at radius 2 is 1.59 bits per heavy atom. The Morgan fingerprint density at radius 3 is 2.10 bits per heavy atom. The SMILES string of the molecule is CCOC(=O)c1c(CNc2ccc(OC)cc2)[nH]c(C(=O)NCc2ccccc2)c1CC.O=C(O)C(F)(F)F. The minimum absolute atomic E-state index is 0.257. The second-order valence-electron chi connectivity index (χ2n) is 7.96. The maximum atomic E-state index is 13.0. The number of aromatic nitrogens is 1. The third-order valence-corrected chi connectivity index (χ3v) is 5.34. The lowest BCUT2D eigenvalue weighted by Gasteiger charge is -2.09. The van der Waals surface area contributed by atoms with Crippen LogP contribution in [0.15, 0.2) is 54.6 Å². The number of amides is 1. The number of esters is 1. The van der Waals surface area contributed by atoms with E-state index in [-0.39, 0.29) is 12.5 Å². The van der Waals surface area contributed by atoms with E-state index in [0.29, 0.717) is 42.0 Å². The summed E-state index contributed by atoms with van der Waals surface area (Å²) in [6.07, 6.45) is -4.57. The number of aromatic amines is 1. The molecule has 4 N–H and O–H groups in total. The van der Waals surface area contributed by atoms with E-state index in [0.717, 1.165) is 17.0 Å². The van der Waals surface area contributed by atoms with E-state index >= 15 is 0 Å². The van der Waals surface area contributed by atoms with Crippen molar-refractivity contribution in [2.45, 2.75) is 39.5 Å². The van der Waals surface area contributed by atoms with Crippen molar-refractivity contribution in [3.63, 3.8) is 0 Å². The molecular weight excluding hydrogens is 519 g/mol. The average molecular weight is 550 g/mol. The van der Waals surface area contributed by atoms with Gasteiger partial charge in [0.1, 0.15) is 11.4 Å². The van der Waals surface area contributed by atoms with Gasteiger partial charge in [-0.25, -0.2) is 9.59 Å². The first-order valence-electron chi connectivity index (χ1n) is 11.9. The van der Waals surface area contributed by atoms with E-state index in [9.17, 15) is 22.8 Å². The van der Waals surface area contributed by atoms with Crippen LogP contribution in [0.25, 0.3) is 0 Å². The number of carboxylic acid groups (broad SMARTS) is 1. The molecule has 3 aromatic rings. The number of methoxy groups -OCH3 is 1. The van der Waals surface area contributed by atoms with Crippen LogP contribution in [0.1, 0.15) is 51.5 Å². The lowest BCUT2D eigenvalue weighted by atomic mass is 10.1. The Morgan fingerprint density at radius 1 is 0.974 bits per heavy atom. The molecule has 0 spiro atoms. The quantitative estimate of drug-likeness (QED) is 0.264. The lowest BCUT2D eigenvalue weighted by Crippen LogP contribution is -2.24. The highest BCUT2D eigenvalue weighted by Crippen LogP contribution is 2.24. The number of carbonyl (C=O) groups is 3. The summed E-state index contributed by atoms with van der Waals surface area (Å²) in [6, 6.07) is 17.2. The van der Waals surface area contributed by atoms with Crippen molar-refractivity contribution >= 4 is 23.5 Å². The number of carbonyl (C=O) groups excluding carboxylic acids is 2. The molecule has 9 nitrogen and oxygen atoms in total. The number of hydrogen-bond donors (Lipinski definition) is 4. The van der Waals surface area contributed by atoms with Crippen molar-refractivity contribution in [1.82, 2.24) is 10.3 Å². The van der Waals surface area contributed by atoms with Crippen molar-refractivity contribution in [2.24, 2.45) is 0 Å². The number of nitrogens with one attached hydrogen (secondary N) is 3. The molecule has 39 heavy (non-hydrogen) atoms. The topological polar surface area (TPSA) is 130 Å². The Balaban J connectivity index is 0.000000673. The fraction of sp³-hybridized carbons (Fsp3) is 0.296. The number of rotatable bonds is 10. The normalized spacial score (nSPS) is 10.6. The number of hydrogen-bond acceptors (Lipinski definition) is 6. The van der Waals surface area contributed by atoms with Crippen molar-refractivity contribution in [3.05, 3.63) is 82.7 Å². The number of benzene rings is 2. The van der Waals surface area contributed by atoms with Gasteiger partial charge >= 0.3 is 18.1 Å². The Hall–Kier alpha value is -4.48. The predicted molar refractivity (Wildman–Crippen MR) is 138 cm³/mol. The van der Waals surface area contributed by atoms with E-state index in [1.54, 1.807) is 14.0 Å². The molecule has 0 aliphatic heterocycles. The highest BCUT2D eigenvalue weighted by Gasteiger charge is 2.38. The number of alkyl halides is 3. The fourth-order valence-electron chi connectivity index (χ4n) is 3.49. The van der Waals surface area contributed by atoms with E-state index in [2.05, 4.69) is 15.6 Å². The van der Waals surface area contributed by atoms with Crippen LogP contribution >= 0.6 is 0 Å². The molecule has 3 rings (SSSR count). The molecular formula is C27H30F3N3O6. The van der Waals surface area contributed by atoms with Crippen molar-refractivity contribution in [3.8, 4) is 5.75 Å². The van der Waals surface area contributed by atoms with Gasteiger partial charge in [0.25, 0.3) is 5.91 Å². The molecule has 0 unspecified atom stereocenters. The summed E-state index contributed by atoms with van der Waals surface area (Å²) in [4.78, 5) is 37.8. The van der Waals surface area contributed by atoms with Gasteiger partial charge < -0.3 is 30.2 Å². The summed E-state index contributed by atoms with van der Waals surface area (Å²) in [7, 11) is 1.61. The van der Waals surface area contributed by atoms with Gasteiger partial charge in [-0.15, -0.1) is 0 Å². The maximum absolute atomic E-state index is 13.0. The van der Waals surface area contributed by atoms with Gasteiger partial charge in [0, 0.05) is 17.9 Å². The number of H-pyrrole nitrogens is 1. The summed E-state index contributed by atoms with van der Waals surface area (Å²) < 4.78 is 42.2. The van der Waals surface area contributed by atoms with Crippen LogP contribution in [-0.2, 0) is 29.0 Å². The zero-order valence-electron chi connectivity index (χ0n) is 21.6. The van der Waals surface area contributed by atoms with Crippen LogP contribution in [-0.4, -0.2) is 47.8 Å². The van der Waals surface area contributed by atoms with E-state index in [4.69, 9.17) is 19.4 Å².